The predicted molar refractivity (Wildman–Crippen MR) is 81.2 cm³/mol. The van der Waals surface area contributed by atoms with Crippen molar-refractivity contribution in [3.05, 3.63) is 59.4 Å². The van der Waals surface area contributed by atoms with Crippen molar-refractivity contribution in [2.45, 2.75) is 19.5 Å². The average Bonchev–Trinajstić information content (AvgIpc) is 2.53. The van der Waals surface area contributed by atoms with Gasteiger partial charge in [0.25, 0.3) is 0 Å². The van der Waals surface area contributed by atoms with E-state index in [9.17, 15) is 4.39 Å². The third kappa shape index (κ3) is 3.95. The molecule has 1 N–H and O–H groups in total. The Bertz CT molecular complexity index is 584. The fourth-order valence-corrected chi connectivity index (χ4v) is 2.13. The van der Waals surface area contributed by atoms with E-state index < -0.39 is 0 Å². The second-order valence-electron chi connectivity index (χ2n) is 4.83. The quantitative estimate of drug-likeness (QED) is 0.879. The van der Waals surface area contributed by atoms with Gasteiger partial charge >= 0.3 is 0 Å². The van der Waals surface area contributed by atoms with Gasteiger partial charge in [0.2, 0.25) is 0 Å². The van der Waals surface area contributed by atoms with Gasteiger partial charge in [-0.05, 0) is 30.7 Å². The lowest BCUT2D eigenvalue weighted by molar-refractivity contribution is 0.389. The molecule has 0 aliphatic heterocycles. The van der Waals surface area contributed by atoms with Crippen LogP contribution in [0, 0.1) is 5.82 Å². The summed E-state index contributed by atoms with van der Waals surface area (Å²) in [5.41, 5.74) is 2.09. The minimum Gasteiger partial charge on any atom is -0.497 e. The second kappa shape index (κ2) is 7.09. The van der Waals surface area contributed by atoms with Crippen LogP contribution in [0.4, 0.5) is 4.39 Å². The van der Waals surface area contributed by atoms with Gasteiger partial charge < -0.3 is 14.8 Å². The van der Waals surface area contributed by atoms with E-state index in [1.807, 2.05) is 25.1 Å². The zero-order valence-corrected chi connectivity index (χ0v) is 12.5. The van der Waals surface area contributed by atoms with Gasteiger partial charge in [-0.25, -0.2) is 4.39 Å². The standard InChI is InChI=1S/C17H20FNO2/c1-12(13-4-7-15(18)8-5-13)19-11-14-6-9-16(20-2)10-17(14)21-3/h4-10,12,19H,11H2,1-3H3. The predicted octanol–water partition coefficient (Wildman–Crippen LogP) is 3.69. The number of benzene rings is 2. The van der Waals surface area contributed by atoms with Crippen LogP contribution < -0.4 is 14.8 Å². The van der Waals surface area contributed by atoms with Crippen LogP contribution in [0.2, 0.25) is 0 Å². The summed E-state index contributed by atoms with van der Waals surface area (Å²) in [4.78, 5) is 0. The number of methoxy groups -OCH3 is 2. The van der Waals surface area contributed by atoms with Crippen LogP contribution in [0.5, 0.6) is 11.5 Å². The van der Waals surface area contributed by atoms with Crippen molar-refractivity contribution in [3.63, 3.8) is 0 Å². The van der Waals surface area contributed by atoms with Gasteiger partial charge in [-0.1, -0.05) is 18.2 Å². The van der Waals surface area contributed by atoms with Crippen molar-refractivity contribution in [1.29, 1.82) is 0 Å². The first-order valence-electron chi connectivity index (χ1n) is 6.83. The summed E-state index contributed by atoms with van der Waals surface area (Å²) < 4.78 is 23.5. The van der Waals surface area contributed by atoms with E-state index in [0.717, 1.165) is 22.6 Å². The molecule has 2 aromatic rings. The van der Waals surface area contributed by atoms with Crippen LogP contribution in [-0.2, 0) is 6.54 Å². The molecule has 0 amide bonds. The summed E-state index contributed by atoms with van der Waals surface area (Å²) >= 11 is 0. The Kier molecular flexibility index (Phi) is 5.17. The highest BCUT2D eigenvalue weighted by atomic mass is 19.1. The number of nitrogens with one attached hydrogen (secondary N) is 1. The fraction of sp³-hybridized carbons (Fsp3) is 0.294. The molecule has 1 atom stereocenters. The molecule has 2 rings (SSSR count). The molecule has 112 valence electrons. The molecule has 1 unspecified atom stereocenters. The molecule has 0 spiro atoms. The summed E-state index contributed by atoms with van der Waals surface area (Å²) in [6.45, 7) is 2.70. The second-order valence-corrected chi connectivity index (χ2v) is 4.83. The van der Waals surface area contributed by atoms with Crippen LogP contribution >= 0.6 is 0 Å². The molecule has 0 aliphatic rings. The lowest BCUT2D eigenvalue weighted by atomic mass is 10.1. The van der Waals surface area contributed by atoms with Gasteiger partial charge in [-0.15, -0.1) is 0 Å². The van der Waals surface area contributed by atoms with Crippen molar-refractivity contribution in [3.8, 4) is 11.5 Å². The van der Waals surface area contributed by atoms with Crippen molar-refractivity contribution in [2.75, 3.05) is 14.2 Å². The van der Waals surface area contributed by atoms with E-state index in [0.29, 0.717) is 6.54 Å². The highest BCUT2D eigenvalue weighted by Gasteiger charge is 2.08. The van der Waals surface area contributed by atoms with E-state index in [2.05, 4.69) is 5.32 Å². The largest absolute Gasteiger partial charge is 0.497 e. The lowest BCUT2D eigenvalue weighted by Crippen LogP contribution is -2.18. The van der Waals surface area contributed by atoms with Gasteiger partial charge in [-0.3, -0.25) is 0 Å². The van der Waals surface area contributed by atoms with E-state index in [4.69, 9.17) is 9.47 Å². The molecule has 0 saturated carbocycles. The van der Waals surface area contributed by atoms with Crippen molar-refractivity contribution < 1.29 is 13.9 Å². The van der Waals surface area contributed by atoms with Crippen LogP contribution in [0.3, 0.4) is 0 Å². The third-order valence-electron chi connectivity index (χ3n) is 3.46. The first-order valence-corrected chi connectivity index (χ1v) is 6.83. The Morgan fingerprint density at radius 2 is 1.76 bits per heavy atom. The molecule has 0 aliphatic carbocycles. The smallest absolute Gasteiger partial charge is 0.127 e. The van der Waals surface area contributed by atoms with Crippen LogP contribution in [0.1, 0.15) is 24.1 Å². The molecular weight excluding hydrogens is 269 g/mol. The molecular formula is C17H20FNO2. The minimum absolute atomic E-state index is 0.123. The Morgan fingerprint density at radius 1 is 1.05 bits per heavy atom. The molecule has 0 aromatic heterocycles. The first-order chi connectivity index (χ1) is 10.1. The van der Waals surface area contributed by atoms with E-state index >= 15 is 0 Å². The molecule has 4 heteroatoms. The molecule has 2 aromatic carbocycles. The van der Waals surface area contributed by atoms with Crippen molar-refractivity contribution >= 4 is 0 Å². The number of rotatable bonds is 6. The number of hydrogen-bond donors (Lipinski definition) is 1. The monoisotopic (exact) mass is 289 g/mol. The maximum Gasteiger partial charge on any atom is 0.127 e. The average molecular weight is 289 g/mol. The summed E-state index contributed by atoms with van der Waals surface area (Å²) in [7, 11) is 3.27. The maximum absolute atomic E-state index is 12.9. The number of hydrogen-bond acceptors (Lipinski definition) is 3. The first kappa shape index (κ1) is 15.3. The fourth-order valence-electron chi connectivity index (χ4n) is 2.13. The highest BCUT2D eigenvalue weighted by Crippen LogP contribution is 2.25. The SMILES string of the molecule is COc1ccc(CNC(C)c2ccc(F)cc2)c(OC)c1. The van der Waals surface area contributed by atoms with Gasteiger partial charge in [0, 0.05) is 24.2 Å². The summed E-state index contributed by atoms with van der Waals surface area (Å²) in [5.74, 6) is 1.33. The van der Waals surface area contributed by atoms with Crippen LogP contribution in [-0.4, -0.2) is 14.2 Å². The Labute approximate surface area is 124 Å². The molecule has 0 radical (unpaired) electrons. The third-order valence-corrected chi connectivity index (χ3v) is 3.46. The lowest BCUT2D eigenvalue weighted by Gasteiger charge is -2.16. The van der Waals surface area contributed by atoms with E-state index in [1.165, 1.54) is 12.1 Å². The van der Waals surface area contributed by atoms with Gasteiger partial charge in [-0.2, -0.15) is 0 Å². The number of halogens is 1. The maximum atomic E-state index is 12.9. The van der Waals surface area contributed by atoms with Crippen LogP contribution in [0.25, 0.3) is 0 Å². The molecule has 0 fully saturated rings. The zero-order chi connectivity index (χ0) is 15.2. The molecule has 0 bridgehead atoms. The number of ether oxygens (including phenoxy) is 2. The van der Waals surface area contributed by atoms with E-state index in [1.54, 1.807) is 26.4 Å². The Morgan fingerprint density at radius 3 is 2.38 bits per heavy atom. The summed E-state index contributed by atoms with van der Waals surface area (Å²) in [6, 6.07) is 12.4. The summed E-state index contributed by atoms with van der Waals surface area (Å²) in [6.07, 6.45) is 0. The van der Waals surface area contributed by atoms with E-state index in [-0.39, 0.29) is 11.9 Å². The van der Waals surface area contributed by atoms with Crippen molar-refractivity contribution in [2.24, 2.45) is 0 Å². The Hall–Kier alpha value is -2.07. The molecule has 21 heavy (non-hydrogen) atoms. The molecule has 0 heterocycles. The topological polar surface area (TPSA) is 30.5 Å². The normalized spacial score (nSPS) is 12.0. The minimum atomic E-state index is -0.220. The highest BCUT2D eigenvalue weighted by molar-refractivity contribution is 5.40. The zero-order valence-electron chi connectivity index (χ0n) is 12.5. The molecule has 0 saturated heterocycles. The Balaban J connectivity index is 2.03. The van der Waals surface area contributed by atoms with Gasteiger partial charge in [0.1, 0.15) is 17.3 Å². The van der Waals surface area contributed by atoms with Crippen molar-refractivity contribution in [1.82, 2.24) is 5.32 Å². The molecule has 3 nitrogen and oxygen atoms in total. The van der Waals surface area contributed by atoms with Gasteiger partial charge in [0.15, 0.2) is 0 Å². The van der Waals surface area contributed by atoms with Crippen LogP contribution in [0.15, 0.2) is 42.5 Å². The van der Waals surface area contributed by atoms with Gasteiger partial charge in [0.05, 0.1) is 14.2 Å². The summed E-state index contributed by atoms with van der Waals surface area (Å²) in [5, 5.41) is 3.40.